The third kappa shape index (κ3) is 3.62. The van der Waals surface area contributed by atoms with Gasteiger partial charge in [0, 0.05) is 12.2 Å². The minimum Gasteiger partial charge on any atom is -0.334 e. The minimum atomic E-state index is -4.46. The number of nitrogens with one attached hydrogen (secondary N) is 2. The summed E-state index contributed by atoms with van der Waals surface area (Å²) >= 11 is 1.19. The molecule has 1 heterocycles. The molecule has 2 N–H and O–H groups in total. The molecule has 0 atom stereocenters. The molecule has 2 amide bonds. The maximum atomic E-state index is 12.9. The van der Waals surface area contributed by atoms with E-state index in [9.17, 15) is 18.0 Å². The van der Waals surface area contributed by atoms with Gasteiger partial charge in [-0.1, -0.05) is 22.7 Å². The summed E-state index contributed by atoms with van der Waals surface area (Å²) in [4.78, 5) is 11.9. The van der Waals surface area contributed by atoms with E-state index < -0.39 is 17.8 Å². The van der Waals surface area contributed by atoms with Gasteiger partial charge >= 0.3 is 12.2 Å². The van der Waals surface area contributed by atoms with E-state index >= 15 is 0 Å². The lowest BCUT2D eigenvalue weighted by molar-refractivity contribution is -0.138. The number of anilines is 1. The smallest absolute Gasteiger partial charge is 0.334 e. The number of benzene rings is 2. The number of fused-ring (bicyclic) bond motifs is 1. The number of hydrogen-bond acceptors (Lipinski definition) is 4. The standard InChI is InChI=1S/C15H11F3N4OS/c16-15(17,18)11-4-2-1-3-9(11)8-19-14(23)20-10-5-6-12-13(7-10)24-22-21-12/h1-7H,8H2,(H2,19,20,23). The molecule has 24 heavy (non-hydrogen) atoms. The predicted octanol–water partition coefficient (Wildman–Crippen LogP) is 4.03. The Bertz CT molecular complexity index is 878. The molecule has 2 aromatic carbocycles. The monoisotopic (exact) mass is 352 g/mol. The normalized spacial score (nSPS) is 11.5. The van der Waals surface area contributed by atoms with E-state index in [2.05, 4.69) is 20.2 Å². The van der Waals surface area contributed by atoms with Crippen molar-refractivity contribution in [2.75, 3.05) is 5.32 Å². The fraction of sp³-hybridized carbons (Fsp3) is 0.133. The van der Waals surface area contributed by atoms with Crippen LogP contribution in [0.5, 0.6) is 0 Å². The number of urea groups is 1. The van der Waals surface area contributed by atoms with E-state index in [0.717, 1.165) is 10.8 Å². The van der Waals surface area contributed by atoms with E-state index in [4.69, 9.17) is 0 Å². The number of alkyl halides is 3. The molecule has 1 aromatic heterocycles. The first-order valence-electron chi connectivity index (χ1n) is 6.85. The van der Waals surface area contributed by atoms with Crippen LogP contribution in [0.2, 0.25) is 0 Å². The van der Waals surface area contributed by atoms with Crippen molar-refractivity contribution in [3.63, 3.8) is 0 Å². The van der Waals surface area contributed by atoms with Crippen molar-refractivity contribution in [1.82, 2.24) is 14.9 Å². The van der Waals surface area contributed by atoms with Crippen molar-refractivity contribution in [3.05, 3.63) is 53.6 Å². The van der Waals surface area contributed by atoms with Crippen LogP contribution in [-0.4, -0.2) is 15.6 Å². The summed E-state index contributed by atoms with van der Waals surface area (Å²) in [5.41, 5.74) is 0.463. The molecule has 0 spiro atoms. The van der Waals surface area contributed by atoms with Crippen LogP contribution in [0.4, 0.5) is 23.7 Å². The van der Waals surface area contributed by atoms with Crippen molar-refractivity contribution in [2.45, 2.75) is 12.7 Å². The maximum Gasteiger partial charge on any atom is 0.416 e. The molecule has 5 nitrogen and oxygen atoms in total. The molecule has 0 aliphatic heterocycles. The van der Waals surface area contributed by atoms with Crippen molar-refractivity contribution < 1.29 is 18.0 Å². The number of nitrogens with zero attached hydrogens (tertiary/aromatic N) is 2. The fourth-order valence-electron chi connectivity index (χ4n) is 2.16. The van der Waals surface area contributed by atoms with E-state index in [-0.39, 0.29) is 12.1 Å². The van der Waals surface area contributed by atoms with Crippen molar-refractivity contribution in [1.29, 1.82) is 0 Å². The molecule has 0 fully saturated rings. The van der Waals surface area contributed by atoms with Gasteiger partial charge in [0.05, 0.1) is 10.3 Å². The second kappa shape index (κ2) is 6.44. The van der Waals surface area contributed by atoms with Gasteiger partial charge in [-0.05, 0) is 41.4 Å². The van der Waals surface area contributed by atoms with Gasteiger partial charge in [0.15, 0.2) is 0 Å². The SMILES string of the molecule is O=C(NCc1ccccc1C(F)(F)F)Nc1ccc2nnsc2c1. The second-order valence-electron chi connectivity index (χ2n) is 4.92. The zero-order valence-corrected chi connectivity index (χ0v) is 12.9. The Balaban J connectivity index is 1.66. The molecule has 0 bridgehead atoms. The van der Waals surface area contributed by atoms with Crippen LogP contribution in [0.3, 0.4) is 0 Å². The number of rotatable bonds is 3. The van der Waals surface area contributed by atoms with Gasteiger partial charge in [0.25, 0.3) is 0 Å². The van der Waals surface area contributed by atoms with Crippen LogP contribution >= 0.6 is 11.5 Å². The summed E-state index contributed by atoms with van der Waals surface area (Å²) in [5.74, 6) is 0. The number of aromatic nitrogens is 2. The lowest BCUT2D eigenvalue weighted by Gasteiger charge is -2.13. The van der Waals surface area contributed by atoms with Gasteiger partial charge in [-0.25, -0.2) is 4.79 Å². The highest BCUT2D eigenvalue weighted by Crippen LogP contribution is 2.31. The van der Waals surface area contributed by atoms with Gasteiger partial charge in [-0.15, -0.1) is 5.10 Å². The first-order valence-corrected chi connectivity index (χ1v) is 7.63. The number of halogens is 3. The number of hydrogen-bond donors (Lipinski definition) is 2. The third-order valence-electron chi connectivity index (χ3n) is 3.27. The molecule has 0 saturated heterocycles. The summed E-state index contributed by atoms with van der Waals surface area (Å²) in [7, 11) is 0. The largest absolute Gasteiger partial charge is 0.416 e. The van der Waals surface area contributed by atoms with Crippen LogP contribution in [0.1, 0.15) is 11.1 Å². The average Bonchev–Trinajstić information content (AvgIpc) is 3.00. The molecule has 0 aliphatic carbocycles. The van der Waals surface area contributed by atoms with Crippen LogP contribution in [0.25, 0.3) is 10.2 Å². The Kier molecular flexibility index (Phi) is 4.34. The van der Waals surface area contributed by atoms with Crippen LogP contribution in [0, 0.1) is 0 Å². The fourth-order valence-corrected chi connectivity index (χ4v) is 2.76. The first kappa shape index (κ1) is 16.2. The Morgan fingerprint density at radius 3 is 2.75 bits per heavy atom. The quantitative estimate of drug-likeness (QED) is 0.748. The Morgan fingerprint density at radius 2 is 1.96 bits per heavy atom. The Labute approximate surface area is 138 Å². The maximum absolute atomic E-state index is 12.9. The van der Waals surface area contributed by atoms with Crippen molar-refractivity contribution >= 4 is 33.5 Å². The first-order chi connectivity index (χ1) is 11.4. The molecule has 3 rings (SSSR count). The molecule has 0 saturated carbocycles. The zero-order chi connectivity index (χ0) is 17.2. The molecule has 0 aliphatic rings. The Hall–Kier alpha value is -2.68. The summed E-state index contributed by atoms with van der Waals surface area (Å²) < 4.78 is 43.3. The molecule has 124 valence electrons. The highest BCUT2D eigenvalue weighted by molar-refractivity contribution is 7.12. The van der Waals surface area contributed by atoms with Crippen molar-refractivity contribution in [2.24, 2.45) is 0 Å². The Morgan fingerprint density at radius 1 is 1.17 bits per heavy atom. The second-order valence-corrected chi connectivity index (χ2v) is 5.70. The summed E-state index contributed by atoms with van der Waals surface area (Å²) in [6, 6.07) is 9.57. The van der Waals surface area contributed by atoms with Crippen LogP contribution in [0.15, 0.2) is 42.5 Å². The lowest BCUT2D eigenvalue weighted by atomic mass is 10.1. The molecular formula is C15H11F3N4OS. The summed E-state index contributed by atoms with van der Waals surface area (Å²) in [6.07, 6.45) is -4.46. The van der Waals surface area contributed by atoms with E-state index in [1.807, 2.05) is 0 Å². The van der Waals surface area contributed by atoms with Crippen LogP contribution < -0.4 is 10.6 Å². The van der Waals surface area contributed by atoms with Gasteiger partial charge in [0.2, 0.25) is 0 Å². The van der Waals surface area contributed by atoms with E-state index in [1.165, 1.54) is 29.7 Å². The zero-order valence-electron chi connectivity index (χ0n) is 12.1. The third-order valence-corrected chi connectivity index (χ3v) is 3.95. The highest BCUT2D eigenvalue weighted by atomic mass is 32.1. The van der Waals surface area contributed by atoms with Gasteiger partial charge in [-0.2, -0.15) is 13.2 Å². The summed E-state index contributed by atoms with van der Waals surface area (Å²) in [5, 5.41) is 8.88. The highest BCUT2D eigenvalue weighted by Gasteiger charge is 2.32. The molecular weight excluding hydrogens is 341 g/mol. The van der Waals surface area contributed by atoms with Crippen LogP contribution in [-0.2, 0) is 12.7 Å². The molecule has 9 heteroatoms. The van der Waals surface area contributed by atoms with Gasteiger partial charge in [0.1, 0.15) is 5.52 Å². The van der Waals surface area contributed by atoms with Gasteiger partial charge in [-0.3, -0.25) is 0 Å². The van der Waals surface area contributed by atoms with Crippen molar-refractivity contribution in [3.8, 4) is 0 Å². The number of carbonyl (C=O) groups is 1. The average molecular weight is 352 g/mol. The molecule has 0 unspecified atom stereocenters. The number of carbonyl (C=O) groups excluding carboxylic acids is 1. The van der Waals surface area contributed by atoms with Gasteiger partial charge < -0.3 is 10.6 Å². The lowest BCUT2D eigenvalue weighted by Crippen LogP contribution is -2.29. The topological polar surface area (TPSA) is 66.9 Å². The van der Waals surface area contributed by atoms with E-state index in [0.29, 0.717) is 11.2 Å². The molecule has 3 aromatic rings. The predicted molar refractivity (Wildman–Crippen MR) is 84.7 cm³/mol. The summed E-state index contributed by atoms with van der Waals surface area (Å²) in [6.45, 7) is -0.230. The number of amides is 2. The van der Waals surface area contributed by atoms with E-state index in [1.54, 1.807) is 18.2 Å². The minimum absolute atomic E-state index is 0.00209. The molecule has 0 radical (unpaired) electrons.